The van der Waals surface area contributed by atoms with E-state index in [4.69, 9.17) is 10.6 Å². The third-order valence-corrected chi connectivity index (χ3v) is 5.01. The summed E-state index contributed by atoms with van der Waals surface area (Å²) in [5.74, 6) is 4.48. The molecule has 1 aromatic heterocycles. The van der Waals surface area contributed by atoms with E-state index >= 15 is 0 Å². The summed E-state index contributed by atoms with van der Waals surface area (Å²) in [6.45, 7) is 5.79. The first-order chi connectivity index (χ1) is 13.2. The van der Waals surface area contributed by atoms with Crippen molar-refractivity contribution in [1.82, 2.24) is 20.6 Å². The molecule has 0 bridgehead atoms. The van der Waals surface area contributed by atoms with Crippen LogP contribution in [-0.2, 0) is 11.3 Å². The van der Waals surface area contributed by atoms with Crippen molar-refractivity contribution in [3.05, 3.63) is 29.1 Å². The molecule has 0 saturated heterocycles. The summed E-state index contributed by atoms with van der Waals surface area (Å²) in [5, 5.41) is 2.93. The highest BCUT2D eigenvalue weighted by Crippen LogP contribution is 2.31. The second-order valence-electron chi connectivity index (χ2n) is 8.23. The van der Waals surface area contributed by atoms with Crippen molar-refractivity contribution in [2.24, 2.45) is 5.84 Å². The first kappa shape index (κ1) is 20.1. The summed E-state index contributed by atoms with van der Waals surface area (Å²) >= 11 is 0. The molecule has 9 nitrogen and oxygen atoms in total. The van der Waals surface area contributed by atoms with Gasteiger partial charge in [-0.25, -0.2) is 10.6 Å². The molecule has 2 heterocycles. The lowest BCUT2D eigenvalue weighted by Crippen LogP contribution is -2.54. The quantitative estimate of drug-likeness (QED) is 0.408. The van der Waals surface area contributed by atoms with Gasteiger partial charge in [0.15, 0.2) is 0 Å². The van der Waals surface area contributed by atoms with Crippen LogP contribution < -0.4 is 16.6 Å². The number of carbonyl (C=O) groups is 3. The molecular formula is C19H27N5O4. The van der Waals surface area contributed by atoms with Crippen LogP contribution in [0.3, 0.4) is 0 Å². The summed E-state index contributed by atoms with van der Waals surface area (Å²) in [7, 11) is 0. The monoisotopic (exact) mass is 389 g/mol. The van der Waals surface area contributed by atoms with Crippen LogP contribution in [-0.4, -0.2) is 45.5 Å². The van der Waals surface area contributed by atoms with Gasteiger partial charge in [0.2, 0.25) is 0 Å². The number of amides is 3. The Balaban J connectivity index is 1.76. The summed E-state index contributed by atoms with van der Waals surface area (Å²) in [6, 6.07) is 1.19. The largest absolute Gasteiger partial charge is 0.444 e. The first-order valence-electron chi connectivity index (χ1n) is 9.50. The lowest BCUT2D eigenvalue weighted by Gasteiger charge is -2.38. The number of rotatable bonds is 3. The molecular weight excluding hydrogens is 362 g/mol. The minimum Gasteiger partial charge on any atom is -0.444 e. The Labute approximate surface area is 164 Å². The summed E-state index contributed by atoms with van der Waals surface area (Å²) in [6.07, 6.45) is 4.45. The molecule has 152 valence electrons. The van der Waals surface area contributed by atoms with Gasteiger partial charge in [0.05, 0.1) is 35.4 Å². The van der Waals surface area contributed by atoms with Crippen molar-refractivity contribution in [2.75, 3.05) is 0 Å². The number of hydrazine groups is 1. The van der Waals surface area contributed by atoms with Gasteiger partial charge in [0, 0.05) is 6.20 Å². The summed E-state index contributed by atoms with van der Waals surface area (Å²) in [5.41, 5.74) is 2.73. The maximum Gasteiger partial charge on any atom is 0.407 e. The number of carbonyl (C=O) groups excluding carboxylic acids is 3. The third kappa shape index (κ3) is 4.24. The molecule has 9 heteroatoms. The molecule has 1 aliphatic heterocycles. The van der Waals surface area contributed by atoms with E-state index in [1.54, 1.807) is 4.90 Å². The molecule has 0 aromatic carbocycles. The number of nitrogen functional groups attached to an aromatic ring is 1. The average molecular weight is 389 g/mol. The minimum absolute atomic E-state index is 0.144. The van der Waals surface area contributed by atoms with Crippen LogP contribution in [0.25, 0.3) is 0 Å². The van der Waals surface area contributed by atoms with Crippen LogP contribution in [0.5, 0.6) is 0 Å². The number of alkyl carbamates (subject to hydrolysis) is 1. The van der Waals surface area contributed by atoms with Crippen LogP contribution in [0, 0.1) is 0 Å². The predicted octanol–water partition coefficient (Wildman–Crippen LogP) is 1.48. The maximum absolute atomic E-state index is 13.0. The first-order valence-corrected chi connectivity index (χ1v) is 9.50. The maximum atomic E-state index is 13.0. The Kier molecular flexibility index (Phi) is 5.55. The Morgan fingerprint density at radius 1 is 1.29 bits per heavy atom. The van der Waals surface area contributed by atoms with E-state index < -0.39 is 17.6 Å². The van der Waals surface area contributed by atoms with Crippen molar-refractivity contribution < 1.29 is 19.1 Å². The van der Waals surface area contributed by atoms with Crippen LogP contribution in [0.4, 0.5) is 4.79 Å². The third-order valence-electron chi connectivity index (χ3n) is 5.01. The lowest BCUT2D eigenvalue weighted by atomic mass is 9.89. The van der Waals surface area contributed by atoms with Gasteiger partial charge in [-0.3, -0.25) is 20.0 Å². The number of aromatic nitrogens is 1. The second kappa shape index (κ2) is 7.75. The molecule has 0 radical (unpaired) electrons. The molecule has 3 amide bonds. The highest BCUT2D eigenvalue weighted by Gasteiger charge is 2.39. The number of hydrogen-bond acceptors (Lipinski definition) is 6. The Morgan fingerprint density at radius 3 is 2.68 bits per heavy atom. The van der Waals surface area contributed by atoms with Crippen molar-refractivity contribution in [3.8, 4) is 0 Å². The second-order valence-corrected chi connectivity index (χ2v) is 8.23. The molecule has 2 atom stereocenters. The van der Waals surface area contributed by atoms with Gasteiger partial charge in [0.1, 0.15) is 5.60 Å². The molecule has 0 unspecified atom stereocenters. The number of nitrogens with two attached hydrogens (primary N) is 1. The minimum atomic E-state index is -0.585. The molecule has 1 fully saturated rings. The topological polar surface area (TPSA) is 127 Å². The van der Waals surface area contributed by atoms with E-state index in [9.17, 15) is 14.4 Å². The number of nitrogens with one attached hydrogen (secondary N) is 2. The molecule has 4 N–H and O–H groups in total. The molecule has 1 aromatic rings. The Morgan fingerprint density at radius 2 is 2.00 bits per heavy atom. The van der Waals surface area contributed by atoms with E-state index in [1.807, 2.05) is 26.2 Å². The van der Waals surface area contributed by atoms with Gasteiger partial charge in [0.25, 0.3) is 11.8 Å². The molecule has 0 spiro atoms. The van der Waals surface area contributed by atoms with Crippen LogP contribution in [0.2, 0.25) is 0 Å². The van der Waals surface area contributed by atoms with E-state index in [0.717, 1.165) is 25.7 Å². The molecule has 2 aliphatic rings. The summed E-state index contributed by atoms with van der Waals surface area (Å²) in [4.78, 5) is 43.0. The number of fused-ring (bicyclic) bond motifs is 1. The number of ether oxygens (including phenoxy) is 1. The number of pyridine rings is 1. The van der Waals surface area contributed by atoms with Crippen LogP contribution in [0.1, 0.15) is 72.9 Å². The molecule has 3 rings (SSSR count). The van der Waals surface area contributed by atoms with E-state index in [2.05, 4.69) is 10.3 Å². The predicted molar refractivity (Wildman–Crippen MR) is 101 cm³/mol. The summed E-state index contributed by atoms with van der Waals surface area (Å²) < 4.78 is 5.37. The van der Waals surface area contributed by atoms with Gasteiger partial charge in [-0.15, -0.1) is 0 Å². The van der Waals surface area contributed by atoms with Gasteiger partial charge in [-0.05, 0) is 39.7 Å². The Bertz CT molecular complexity index is 789. The van der Waals surface area contributed by atoms with Crippen LogP contribution >= 0.6 is 0 Å². The SMILES string of the molecule is CC(C)(C)OC(=O)N[C@@H]1CCCC[C@H]1N1Cc2ncc(C(=O)NN)cc2C1=O. The molecule has 28 heavy (non-hydrogen) atoms. The Hall–Kier alpha value is -2.68. The highest BCUT2D eigenvalue weighted by molar-refractivity contribution is 6.01. The van der Waals surface area contributed by atoms with E-state index in [1.165, 1.54) is 12.3 Å². The zero-order chi connectivity index (χ0) is 20.5. The van der Waals surface area contributed by atoms with Gasteiger partial charge >= 0.3 is 6.09 Å². The number of nitrogens with zero attached hydrogens (tertiary/aromatic N) is 2. The molecule has 1 saturated carbocycles. The highest BCUT2D eigenvalue weighted by atomic mass is 16.6. The van der Waals surface area contributed by atoms with Gasteiger partial charge in [-0.2, -0.15) is 0 Å². The van der Waals surface area contributed by atoms with E-state index in [-0.39, 0.29) is 23.6 Å². The lowest BCUT2D eigenvalue weighted by molar-refractivity contribution is 0.0393. The van der Waals surface area contributed by atoms with Crippen molar-refractivity contribution in [1.29, 1.82) is 0 Å². The normalized spacial score (nSPS) is 21.9. The van der Waals surface area contributed by atoms with Gasteiger partial charge in [-0.1, -0.05) is 12.8 Å². The fourth-order valence-electron chi connectivity index (χ4n) is 3.78. The standard InChI is InChI=1S/C19H27N5O4/c1-19(2,3)28-18(27)22-13-6-4-5-7-15(13)24-10-14-12(17(24)26)8-11(9-21-14)16(25)23-20/h8-9,13,15H,4-7,10,20H2,1-3H3,(H,22,27)(H,23,25)/t13-,15-/m1/s1. The zero-order valence-electron chi connectivity index (χ0n) is 16.4. The molecule has 1 aliphatic carbocycles. The average Bonchev–Trinajstić information content (AvgIpc) is 2.96. The zero-order valence-corrected chi connectivity index (χ0v) is 16.4. The fourth-order valence-corrected chi connectivity index (χ4v) is 3.78. The van der Waals surface area contributed by atoms with E-state index in [0.29, 0.717) is 17.8 Å². The van der Waals surface area contributed by atoms with Crippen LogP contribution in [0.15, 0.2) is 12.3 Å². The van der Waals surface area contributed by atoms with Crippen molar-refractivity contribution in [2.45, 2.75) is 70.7 Å². The number of hydrogen-bond donors (Lipinski definition) is 3. The van der Waals surface area contributed by atoms with Crippen molar-refractivity contribution in [3.63, 3.8) is 0 Å². The van der Waals surface area contributed by atoms with Gasteiger partial charge < -0.3 is 15.0 Å². The smallest absolute Gasteiger partial charge is 0.407 e. The van der Waals surface area contributed by atoms with Crippen molar-refractivity contribution >= 4 is 17.9 Å². The fraction of sp³-hybridized carbons (Fsp3) is 0.579.